The molecule has 0 aromatic heterocycles. The minimum absolute atomic E-state index is 0.0170. The van der Waals surface area contributed by atoms with Crippen LogP contribution in [-0.4, -0.2) is 23.5 Å². The third-order valence-electron chi connectivity index (χ3n) is 10.3. The molecule has 1 aliphatic heterocycles. The summed E-state index contributed by atoms with van der Waals surface area (Å²) < 4.78 is 22.0. The first-order chi connectivity index (χ1) is 13.2. The number of hydrogen-bond acceptors (Lipinski definition) is 3. The molecule has 1 heterocycles. The van der Waals surface area contributed by atoms with Crippen molar-refractivity contribution in [1.29, 1.82) is 0 Å². The molecule has 0 aromatic rings. The van der Waals surface area contributed by atoms with Crippen molar-refractivity contribution in [2.24, 2.45) is 34.0 Å². The average Bonchev–Trinajstić information content (AvgIpc) is 3.20. The van der Waals surface area contributed by atoms with Gasteiger partial charge in [0.2, 0.25) is 0 Å². The van der Waals surface area contributed by atoms with Crippen LogP contribution in [0.1, 0.15) is 78.1 Å². The molecule has 1 saturated heterocycles. The molecule has 6 aliphatic rings. The van der Waals surface area contributed by atoms with Crippen LogP contribution < -0.4 is 0 Å². The Bertz CT molecular complexity index is 813. The standard InChI is InChI=1S/C24H31FO3/c1-21-6-3-14(26)11-18(21)23(9-10-23)12-15-16-4-7-24(8-5-19(27)28-24)22(16,2)13-17(25)20(15)21/h11,15-17,20H,3-10,12-13H2,1-2H3/t15?,16?,17?,20?,21-,22-,24+/m0/s1. The van der Waals surface area contributed by atoms with Gasteiger partial charge in [-0.1, -0.05) is 19.4 Å². The van der Waals surface area contributed by atoms with Gasteiger partial charge in [0.15, 0.2) is 5.78 Å². The van der Waals surface area contributed by atoms with Crippen molar-refractivity contribution in [3.05, 3.63) is 11.6 Å². The van der Waals surface area contributed by atoms with Crippen molar-refractivity contribution in [3.63, 3.8) is 0 Å². The number of hydrogen-bond donors (Lipinski definition) is 0. The van der Waals surface area contributed by atoms with Crippen LogP contribution >= 0.6 is 0 Å². The fraction of sp³-hybridized carbons (Fsp3) is 0.833. The van der Waals surface area contributed by atoms with E-state index in [9.17, 15) is 9.59 Å². The lowest BCUT2D eigenvalue weighted by molar-refractivity contribution is -0.179. The Morgan fingerprint density at radius 2 is 1.82 bits per heavy atom. The van der Waals surface area contributed by atoms with Gasteiger partial charge < -0.3 is 4.74 Å². The van der Waals surface area contributed by atoms with Crippen LogP contribution in [0.4, 0.5) is 4.39 Å². The molecular weight excluding hydrogens is 355 g/mol. The maximum atomic E-state index is 16.1. The van der Waals surface area contributed by atoms with Gasteiger partial charge >= 0.3 is 5.97 Å². The Morgan fingerprint density at radius 1 is 1.04 bits per heavy atom. The second-order valence-corrected chi connectivity index (χ2v) is 11.4. The Balaban J connectivity index is 1.45. The van der Waals surface area contributed by atoms with E-state index in [-0.39, 0.29) is 33.9 Å². The zero-order valence-corrected chi connectivity index (χ0v) is 17.1. The number of allylic oxidation sites excluding steroid dienone is 1. The summed E-state index contributed by atoms with van der Waals surface area (Å²) in [4.78, 5) is 24.2. The molecule has 0 radical (unpaired) electrons. The molecule has 5 fully saturated rings. The van der Waals surface area contributed by atoms with E-state index in [1.807, 2.05) is 6.08 Å². The van der Waals surface area contributed by atoms with E-state index in [1.54, 1.807) is 0 Å². The molecule has 152 valence electrons. The maximum Gasteiger partial charge on any atom is 0.306 e. The molecule has 4 saturated carbocycles. The van der Waals surface area contributed by atoms with Crippen molar-refractivity contribution in [2.75, 3.05) is 0 Å². The number of ketones is 1. The summed E-state index contributed by atoms with van der Waals surface area (Å²) in [5.74, 6) is 0.952. The molecule has 7 atom stereocenters. The predicted molar refractivity (Wildman–Crippen MR) is 102 cm³/mol. The van der Waals surface area contributed by atoms with Crippen LogP contribution in [0.15, 0.2) is 11.6 Å². The third-order valence-corrected chi connectivity index (χ3v) is 10.3. The molecule has 3 nitrogen and oxygen atoms in total. The van der Waals surface area contributed by atoms with Crippen LogP contribution in [0.5, 0.6) is 0 Å². The minimum atomic E-state index is -0.877. The van der Waals surface area contributed by atoms with Gasteiger partial charge in [0.25, 0.3) is 0 Å². The minimum Gasteiger partial charge on any atom is -0.458 e. The fourth-order valence-electron chi connectivity index (χ4n) is 8.95. The number of ether oxygens (including phenoxy) is 1. The topological polar surface area (TPSA) is 43.4 Å². The summed E-state index contributed by atoms with van der Waals surface area (Å²) in [6, 6.07) is 0. The largest absolute Gasteiger partial charge is 0.458 e. The smallest absolute Gasteiger partial charge is 0.306 e. The van der Waals surface area contributed by atoms with E-state index < -0.39 is 11.8 Å². The number of fused-ring (bicyclic) bond motifs is 7. The number of halogens is 1. The van der Waals surface area contributed by atoms with Crippen LogP contribution in [0.25, 0.3) is 0 Å². The lowest BCUT2D eigenvalue weighted by Gasteiger charge is -2.62. The molecule has 6 rings (SSSR count). The molecule has 28 heavy (non-hydrogen) atoms. The summed E-state index contributed by atoms with van der Waals surface area (Å²) in [5.41, 5.74) is 0.615. The highest BCUT2D eigenvalue weighted by molar-refractivity contribution is 5.92. The van der Waals surface area contributed by atoms with Gasteiger partial charge in [-0.15, -0.1) is 0 Å². The van der Waals surface area contributed by atoms with Crippen molar-refractivity contribution < 1.29 is 18.7 Å². The van der Waals surface area contributed by atoms with E-state index in [2.05, 4.69) is 13.8 Å². The molecular formula is C24H31FO3. The molecule has 0 amide bonds. The molecule has 0 aromatic carbocycles. The number of alkyl halides is 1. The number of carbonyl (C=O) groups excluding carboxylic acids is 2. The summed E-state index contributed by atoms with van der Waals surface area (Å²) in [6.07, 6.45) is 9.50. The normalized spacial score (nSPS) is 53.5. The van der Waals surface area contributed by atoms with Crippen molar-refractivity contribution in [2.45, 2.75) is 89.8 Å². The SMILES string of the molecule is C[C@]12CCC(=O)C=C1C1(CC1)CC1C2C(F)C[C@@]2(C)C1CC[C@@]21CCC(=O)O1. The monoisotopic (exact) mass is 386 g/mol. The fourth-order valence-corrected chi connectivity index (χ4v) is 8.95. The van der Waals surface area contributed by atoms with Gasteiger partial charge in [0.1, 0.15) is 11.8 Å². The van der Waals surface area contributed by atoms with Gasteiger partial charge in [-0.25, -0.2) is 4.39 Å². The quantitative estimate of drug-likeness (QED) is 0.554. The highest BCUT2D eigenvalue weighted by atomic mass is 19.1. The highest BCUT2D eigenvalue weighted by Crippen LogP contribution is 2.76. The van der Waals surface area contributed by atoms with Crippen LogP contribution in [0.2, 0.25) is 0 Å². The molecule has 2 spiro atoms. The summed E-state index contributed by atoms with van der Waals surface area (Å²) in [5, 5.41) is 0. The van der Waals surface area contributed by atoms with Crippen molar-refractivity contribution >= 4 is 11.8 Å². The van der Waals surface area contributed by atoms with E-state index >= 15 is 4.39 Å². The predicted octanol–water partition coefficient (Wildman–Crippen LogP) is 4.93. The Hall–Kier alpha value is -1.19. The number of esters is 1. The highest BCUT2D eigenvalue weighted by Gasteiger charge is 2.72. The zero-order chi connectivity index (χ0) is 19.5. The third kappa shape index (κ3) is 1.91. The van der Waals surface area contributed by atoms with E-state index in [4.69, 9.17) is 4.74 Å². The molecule has 0 bridgehead atoms. The van der Waals surface area contributed by atoms with Gasteiger partial charge in [-0.3, -0.25) is 9.59 Å². The van der Waals surface area contributed by atoms with Crippen LogP contribution in [0, 0.1) is 34.0 Å². The molecule has 0 N–H and O–H groups in total. The summed E-state index contributed by atoms with van der Waals surface area (Å²) in [7, 11) is 0. The van der Waals surface area contributed by atoms with Crippen LogP contribution in [0.3, 0.4) is 0 Å². The van der Waals surface area contributed by atoms with Crippen LogP contribution in [-0.2, 0) is 14.3 Å². The lowest BCUT2D eigenvalue weighted by atomic mass is 9.43. The van der Waals surface area contributed by atoms with Crippen molar-refractivity contribution in [1.82, 2.24) is 0 Å². The van der Waals surface area contributed by atoms with E-state index in [0.717, 1.165) is 44.9 Å². The molecule has 4 unspecified atom stereocenters. The second kappa shape index (κ2) is 5.10. The summed E-state index contributed by atoms with van der Waals surface area (Å²) in [6.45, 7) is 4.49. The number of rotatable bonds is 0. The average molecular weight is 387 g/mol. The van der Waals surface area contributed by atoms with E-state index in [1.165, 1.54) is 5.57 Å². The first-order valence-corrected chi connectivity index (χ1v) is 11.3. The molecule has 4 heteroatoms. The van der Waals surface area contributed by atoms with Gasteiger partial charge in [0.05, 0.1) is 0 Å². The Kier molecular flexibility index (Phi) is 3.22. The number of carbonyl (C=O) groups is 2. The lowest BCUT2D eigenvalue weighted by Crippen LogP contribution is -2.60. The van der Waals surface area contributed by atoms with E-state index in [0.29, 0.717) is 31.1 Å². The van der Waals surface area contributed by atoms with Gasteiger partial charge in [-0.2, -0.15) is 0 Å². The second-order valence-electron chi connectivity index (χ2n) is 11.4. The molecule has 5 aliphatic carbocycles. The first kappa shape index (κ1) is 17.7. The Labute approximate surface area is 166 Å². The first-order valence-electron chi connectivity index (χ1n) is 11.3. The van der Waals surface area contributed by atoms with Gasteiger partial charge in [-0.05, 0) is 80.1 Å². The van der Waals surface area contributed by atoms with Gasteiger partial charge in [0, 0.05) is 24.2 Å². The van der Waals surface area contributed by atoms with Crippen molar-refractivity contribution in [3.8, 4) is 0 Å². The Morgan fingerprint density at radius 3 is 2.50 bits per heavy atom. The summed E-state index contributed by atoms with van der Waals surface area (Å²) >= 11 is 0. The zero-order valence-electron chi connectivity index (χ0n) is 17.1. The maximum absolute atomic E-state index is 16.1.